The van der Waals surface area contributed by atoms with Crippen LogP contribution in [0.3, 0.4) is 0 Å². The maximum Gasteiger partial charge on any atom is 0.0382 e. The van der Waals surface area contributed by atoms with Gasteiger partial charge in [-0.15, -0.1) is 0 Å². The molecule has 1 N–H and O–H groups in total. The van der Waals surface area contributed by atoms with Gasteiger partial charge in [-0.2, -0.15) is 0 Å². The van der Waals surface area contributed by atoms with Crippen molar-refractivity contribution < 1.29 is 0 Å². The lowest BCUT2D eigenvalue weighted by Gasteiger charge is -2.26. The van der Waals surface area contributed by atoms with Gasteiger partial charge in [0.15, 0.2) is 0 Å². The highest BCUT2D eigenvalue weighted by atomic mass is 15.1. The first-order valence-corrected chi connectivity index (χ1v) is 10.5. The molecule has 30 heavy (non-hydrogen) atoms. The topological polar surface area (TPSA) is 15.3 Å². The Labute approximate surface area is 182 Å². The van der Waals surface area contributed by atoms with E-state index in [9.17, 15) is 0 Å². The van der Waals surface area contributed by atoms with Crippen LogP contribution in [0.4, 0.5) is 0 Å². The fraction of sp³-hybridized carbons (Fsp3) is 0.286. The van der Waals surface area contributed by atoms with Crippen molar-refractivity contribution in [3.63, 3.8) is 0 Å². The predicted octanol–water partition coefficient (Wildman–Crippen LogP) is 6.99. The van der Waals surface area contributed by atoms with Gasteiger partial charge in [-0.25, -0.2) is 0 Å². The molecular weight excluding hydrogens is 364 g/mol. The SMILES string of the molecule is C=C(NC1=C(C)C(C2=CN(C)C(=C)C(C)=C2)=CC=CC1)c1ccc(C(C)(C)C)cc1. The Hall–Kier alpha value is -3.00. The van der Waals surface area contributed by atoms with Crippen molar-refractivity contribution in [2.45, 2.75) is 46.5 Å². The average molecular weight is 399 g/mol. The van der Waals surface area contributed by atoms with Crippen molar-refractivity contribution in [1.82, 2.24) is 10.2 Å². The number of nitrogens with one attached hydrogen (secondary N) is 1. The lowest BCUT2D eigenvalue weighted by atomic mass is 9.86. The molecule has 2 nitrogen and oxygen atoms in total. The smallest absolute Gasteiger partial charge is 0.0382 e. The van der Waals surface area contributed by atoms with Crippen molar-refractivity contribution in [3.05, 3.63) is 113 Å². The minimum absolute atomic E-state index is 0.149. The molecule has 1 aliphatic heterocycles. The lowest BCUT2D eigenvalue weighted by molar-refractivity contribution is 0.571. The van der Waals surface area contributed by atoms with E-state index in [1.54, 1.807) is 0 Å². The van der Waals surface area contributed by atoms with Crippen LogP contribution in [0.15, 0.2) is 102 Å². The quantitative estimate of drug-likeness (QED) is 0.588. The normalized spacial score (nSPS) is 17.3. The summed E-state index contributed by atoms with van der Waals surface area (Å²) >= 11 is 0. The number of rotatable bonds is 4. The summed E-state index contributed by atoms with van der Waals surface area (Å²) in [5, 5.41) is 3.60. The minimum atomic E-state index is 0.149. The molecule has 0 saturated carbocycles. The monoisotopic (exact) mass is 398 g/mol. The van der Waals surface area contributed by atoms with Crippen molar-refractivity contribution in [2.75, 3.05) is 7.05 Å². The zero-order valence-corrected chi connectivity index (χ0v) is 19.3. The summed E-state index contributed by atoms with van der Waals surface area (Å²) < 4.78 is 0. The van der Waals surface area contributed by atoms with Crippen LogP contribution in [0.25, 0.3) is 5.70 Å². The maximum atomic E-state index is 4.31. The standard InChI is InChI=1S/C28H34N2/c1-19-17-24(18-30(8)22(19)4)26-11-9-10-12-27(20(26)2)29-21(3)23-13-15-25(16-14-23)28(5,6)7/h9-11,13-18,29H,3-4,12H2,1-2,5-8H3. The second-order valence-corrected chi connectivity index (χ2v) is 9.22. The summed E-state index contributed by atoms with van der Waals surface area (Å²) in [4.78, 5) is 2.09. The molecule has 0 aromatic heterocycles. The third kappa shape index (κ3) is 4.59. The predicted molar refractivity (Wildman–Crippen MR) is 131 cm³/mol. The first-order valence-electron chi connectivity index (χ1n) is 10.5. The maximum absolute atomic E-state index is 4.31. The number of likely N-dealkylation sites (N-methyl/N-ethyl adjacent to an activating group) is 1. The molecule has 156 valence electrons. The third-order valence-electron chi connectivity index (χ3n) is 5.88. The van der Waals surface area contributed by atoms with E-state index in [1.807, 2.05) is 7.05 Å². The summed E-state index contributed by atoms with van der Waals surface area (Å²) in [7, 11) is 2.05. The summed E-state index contributed by atoms with van der Waals surface area (Å²) in [6, 6.07) is 8.71. The third-order valence-corrected chi connectivity index (χ3v) is 5.88. The van der Waals surface area contributed by atoms with Gasteiger partial charge >= 0.3 is 0 Å². The van der Waals surface area contributed by atoms with E-state index in [2.05, 4.69) is 113 Å². The molecule has 0 spiro atoms. The minimum Gasteiger partial charge on any atom is -0.358 e. The van der Waals surface area contributed by atoms with Crippen LogP contribution in [0.5, 0.6) is 0 Å². The van der Waals surface area contributed by atoms with E-state index in [-0.39, 0.29) is 5.41 Å². The van der Waals surface area contributed by atoms with Crippen LogP contribution < -0.4 is 5.32 Å². The molecule has 0 bridgehead atoms. The van der Waals surface area contributed by atoms with Crippen molar-refractivity contribution in [1.29, 1.82) is 0 Å². The summed E-state index contributed by atoms with van der Waals surface area (Å²) in [5.74, 6) is 0. The lowest BCUT2D eigenvalue weighted by Crippen LogP contribution is -2.17. The Bertz CT molecular complexity index is 1020. The Morgan fingerprint density at radius 2 is 1.77 bits per heavy atom. The molecule has 0 amide bonds. The van der Waals surface area contributed by atoms with Crippen LogP contribution in [-0.4, -0.2) is 11.9 Å². The summed E-state index contributed by atoms with van der Waals surface area (Å²) in [6.07, 6.45) is 11.8. The number of nitrogens with zero attached hydrogens (tertiary/aromatic N) is 1. The fourth-order valence-corrected chi connectivity index (χ4v) is 3.74. The molecule has 1 aliphatic carbocycles. The zero-order chi connectivity index (χ0) is 22.1. The number of hydrogen-bond acceptors (Lipinski definition) is 2. The molecule has 0 saturated heterocycles. The molecule has 3 rings (SSSR count). The highest BCUT2D eigenvalue weighted by molar-refractivity contribution is 5.66. The van der Waals surface area contributed by atoms with Gasteiger partial charge < -0.3 is 10.2 Å². The number of benzene rings is 1. The first-order chi connectivity index (χ1) is 14.1. The van der Waals surface area contributed by atoms with Crippen LogP contribution in [0.2, 0.25) is 0 Å². The molecular formula is C28H34N2. The van der Waals surface area contributed by atoms with E-state index in [1.165, 1.54) is 33.6 Å². The van der Waals surface area contributed by atoms with Crippen molar-refractivity contribution in [2.24, 2.45) is 0 Å². The van der Waals surface area contributed by atoms with Crippen LogP contribution in [-0.2, 0) is 5.41 Å². The molecule has 0 fully saturated rings. The van der Waals surface area contributed by atoms with Crippen LogP contribution in [0.1, 0.15) is 52.2 Å². The summed E-state index contributed by atoms with van der Waals surface area (Å²) in [5.41, 5.74) is 10.6. The highest BCUT2D eigenvalue weighted by Crippen LogP contribution is 2.32. The molecule has 2 aliphatic rings. The summed E-state index contributed by atoms with van der Waals surface area (Å²) in [6.45, 7) is 19.5. The van der Waals surface area contributed by atoms with Crippen LogP contribution in [0, 0.1) is 0 Å². The molecule has 2 heteroatoms. The number of allylic oxidation sites excluding steroid dienone is 8. The first kappa shape index (κ1) is 21.7. The zero-order valence-electron chi connectivity index (χ0n) is 19.3. The van der Waals surface area contributed by atoms with E-state index in [4.69, 9.17) is 0 Å². The largest absolute Gasteiger partial charge is 0.358 e. The van der Waals surface area contributed by atoms with E-state index in [0.29, 0.717) is 0 Å². The molecule has 0 unspecified atom stereocenters. The second kappa shape index (κ2) is 8.39. The van der Waals surface area contributed by atoms with Crippen LogP contribution >= 0.6 is 0 Å². The second-order valence-electron chi connectivity index (χ2n) is 9.22. The van der Waals surface area contributed by atoms with Gasteiger partial charge in [-0.1, -0.05) is 76.4 Å². The molecule has 1 aromatic rings. The number of hydrogen-bond donors (Lipinski definition) is 1. The fourth-order valence-electron chi connectivity index (χ4n) is 3.74. The van der Waals surface area contributed by atoms with E-state index in [0.717, 1.165) is 23.4 Å². The average Bonchev–Trinajstić information content (AvgIpc) is 2.87. The Balaban J connectivity index is 1.87. The van der Waals surface area contributed by atoms with Gasteiger partial charge in [0.1, 0.15) is 0 Å². The molecule has 1 heterocycles. The van der Waals surface area contributed by atoms with Crippen molar-refractivity contribution >= 4 is 5.70 Å². The van der Waals surface area contributed by atoms with Gasteiger partial charge in [-0.05, 0) is 58.8 Å². The van der Waals surface area contributed by atoms with Gasteiger partial charge in [-0.3, -0.25) is 0 Å². The molecule has 0 radical (unpaired) electrons. The Morgan fingerprint density at radius 1 is 1.10 bits per heavy atom. The Morgan fingerprint density at radius 3 is 2.37 bits per heavy atom. The van der Waals surface area contributed by atoms with E-state index >= 15 is 0 Å². The molecule has 0 atom stereocenters. The molecule has 1 aromatic carbocycles. The van der Waals surface area contributed by atoms with Gasteiger partial charge in [0.05, 0.1) is 0 Å². The van der Waals surface area contributed by atoms with Gasteiger partial charge in [0.2, 0.25) is 0 Å². The Kier molecular flexibility index (Phi) is 6.07. The highest BCUT2D eigenvalue weighted by Gasteiger charge is 2.18. The van der Waals surface area contributed by atoms with Gasteiger partial charge in [0, 0.05) is 36.8 Å². The van der Waals surface area contributed by atoms with Gasteiger partial charge in [0.25, 0.3) is 0 Å². The van der Waals surface area contributed by atoms with E-state index < -0.39 is 0 Å². The van der Waals surface area contributed by atoms with Crippen molar-refractivity contribution in [3.8, 4) is 0 Å².